The number of primary amides is 1. The number of benzene rings is 1. The number of carbonyl (C=O) groups excluding carboxylic acids is 8. The smallest absolute Gasteiger partial charge is 0.312 e. The van der Waals surface area contributed by atoms with Crippen molar-refractivity contribution in [3.63, 3.8) is 0 Å². The van der Waals surface area contributed by atoms with Crippen molar-refractivity contribution in [2.45, 2.75) is 46.3 Å². The Morgan fingerprint density at radius 2 is 1.60 bits per heavy atom. The van der Waals surface area contributed by atoms with Crippen molar-refractivity contribution in [1.82, 2.24) is 25.8 Å². The molecule has 304 valence electrons. The molecule has 0 saturated carbocycles. The summed E-state index contributed by atoms with van der Waals surface area (Å²) < 4.78 is 40.4. The van der Waals surface area contributed by atoms with Crippen LogP contribution in [0.3, 0.4) is 0 Å². The summed E-state index contributed by atoms with van der Waals surface area (Å²) in [4.78, 5) is 96.7. The third kappa shape index (κ3) is 22.1. The van der Waals surface area contributed by atoms with E-state index in [1.807, 2.05) is 6.92 Å². The van der Waals surface area contributed by atoms with Gasteiger partial charge >= 0.3 is 6.03 Å². The lowest BCUT2D eigenvalue weighted by atomic mass is 10.0. The standard InChI is InChI=1S/C28H37N5O12S.C4H10N2O.C2H2/c1-19(2)27(28(40)29-15-23(36)30-21-5-3-20(4-6-21)17-45-18-34)31-22(35)9-10-32(11-12-44-13-14-46(41,42)43)26(39)16-33-24(37)7-8-25(33)38;1-2-3-6-4(5)7;1-2/h3-8,18-19,27H,9-17H2,1-2H3,(H,29,40)(H,30,36)(H,31,35)(H,41,42,43);2-3H2,1H3,(H3,5,6,7);1-2H. The SMILES string of the molecule is C#C.CC(C)C(NC(=O)CCN(CCOCCS(=O)(=O)O)C(=O)CN1C(=O)C=CC1=O)C(=O)NCC(=O)Nc1ccc(COC=O)cc1.CCCNC(N)=O. The molecule has 0 fully saturated rings. The topological polar surface area (TPSA) is 290 Å². The molecule has 0 radical (unpaired) electrons. The predicted octanol–water partition coefficient (Wildman–Crippen LogP) is -1.08. The average Bonchev–Trinajstić information content (AvgIpc) is 3.45. The Morgan fingerprint density at radius 1 is 0.982 bits per heavy atom. The quantitative estimate of drug-likeness (QED) is 0.0268. The summed E-state index contributed by atoms with van der Waals surface area (Å²) >= 11 is 0. The maximum absolute atomic E-state index is 12.9. The first-order chi connectivity index (χ1) is 26.0. The zero-order valence-electron chi connectivity index (χ0n) is 30.9. The number of hydrogen-bond donors (Lipinski definition) is 6. The number of nitrogens with zero attached hydrogens (tertiary/aromatic N) is 2. The maximum atomic E-state index is 12.9. The fourth-order valence-corrected chi connectivity index (χ4v) is 4.52. The fraction of sp³-hybridized carbons (Fsp3) is 0.471. The summed E-state index contributed by atoms with van der Waals surface area (Å²) in [5.74, 6) is -4.88. The molecule has 1 heterocycles. The van der Waals surface area contributed by atoms with E-state index >= 15 is 0 Å². The molecule has 2 rings (SSSR count). The molecule has 1 unspecified atom stereocenters. The molecule has 1 aliphatic rings. The molecule has 21 heteroatoms. The van der Waals surface area contributed by atoms with E-state index in [1.54, 1.807) is 38.1 Å². The Kier molecular flexibility index (Phi) is 24.0. The minimum absolute atomic E-state index is 0.0802. The number of carbonyl (C=O) groups is 8. The number of nitrogens with one attached hydrogen (secondary N) is 4. The van der Waals surface area contributed by atoms with E-state index in [1.165, 1.54) is 0 Å². The number of urea groups is 1. The summed E-state index contributed by atoms with van der Waals surface area (Å²) in [5.41, 5.74) is 5.88. The summed E-state index contributed by atoms with van der Waals surface area (Å²) in [5, 5.41) is 10.1. The van der Waals surface area contributed by atoms with Crippen LogP contribution in [-0.4, -0.2) is 128 Å². The first-order valence-electron chi connectivity index (χ1n) is 16.7. The summed E-state index contributed by atoms with van der Waals surface area (Å²) in [7, 11) is -4.26. The Bertz CT molecular complexity index is 1600. The van der Waals surface area contributed by atoms with E-state index in [0.29, 0.717) is 29.2 Å². The first-order valence-corrected chi connectivity index (χ1v) is 18.3. The van der Waals surface area contributed by atoms with Crippen molar-refractivity contribution in [2.75, 3.05) is 57.0 Å². The van der Waals surface area contributed by atoms with Crippen LogP contribution in [0.4, 0.5) is 10.5 Å². The molecule has 1 aromatic rings. The van der Waals surface area contributed by atoms with Gasteiger partial charge in [0.05, 0.1) is 25.5 Å². The molecule has 20 nitrogen and oxygen atoms in total. The van der Waals surface area contributed by atoms with Crippen LogP contribution >= 0.6 is 0 Å². The molecule has 1 atom stereocenters. The van der Waals surface area contributed by atoms with Crippen molar-refractivity contribution in [1.29, 1.82) is 0 Å². The number of anilines is 1. The van der Waals surface area contributed by atoms with Gasteiger partial charge in [0.1, 0.15) is 19.2 Å². The number of nitrogens with two attached hydrogens (primary N) is 1. The lowest BCUT2D eigenvalue weighted by Crippen LogP contribution is -2.51. The third-order valence-electron chi connectivity index (χ3n) is 6.94. The highest BCUT2D eigenvalue weighted by Crippen LogP contribution is 2.10. The molecule has 55 heavy (non-hydrogen) atoms. The monoisotopic (exact) mass is 795 g/mol. The van der Waals surface area contributed by atoms with Gasteiger partial charge in [-0.05, 0) is 30.0 Å². The normalized spacial score (nSPS) is 12.2. The Balaban J connectivity index is 0.00000290. The zero-order valence-corrected chi connectivity index (χ0v) is 31.7. The molecular formula is C34H49N7O13S. The lowest BCUT2D eigenvalue weighted by Gasteiger charge is -2.26. The fourth-order valence-electron chi connectivity index (χ4n) is 4.19. The number of rotatable bonds is 22. The Labute approximate surface area is 319 Å². The van der Waals surface area contributed by atoms with Crippen LogP contribution in [0.2, 0.25) is 0 Å². The van der Waals surface area contributed by atoms with Gasteiger partial charge < -0.3 is 41.4 Å². The van der Waals surface area contributed by atoms with Crippen molar-refractivity contribution >= 4 is 63.8 Å². The second kappa shape index (κ2) is 26.8. The lowest BCUT2D eigenvalue weighted by molar-refractivity contribution is -0.145. The summed E-state index contributed by atoms with van der Waals surface area (Å²) in [6.07, 6.45) is 10.7. The van der Waals surface area contributed by atoms with E-state index in [9.17, 15) is 46.8 Å². The highest BCUT2D eigenvalue weighted by molar-refractivity contribution is 7.85. The van der Waals surface area contributed by atoms with Crippen molar-refractivity contribution < 1.29 is 60.8 Å². The van der Waals surface area contributed by atoms with E-state index < -0.39 is 76.5 Å². The Hall–Kier alpha value is -5.85. The molecule has 0 bridgehead atoms. The molecule has 0 aliphatic carbocycles. The van der Waals surface area contributed by atoms with Gasteiger partial charge in [0, 0.05) is 43.9 Å². The predicted molar refractivity (Wildman–Crippen MR) is 198 cm³/mol. The van der Waals surface area contributed by atoms with E-state index in [4.69, 9.17) is 15.0 Å². The molecule has 0 saturated heterocycles. The van der Waals surface area contributed by atoms with Crippen LogP contribution in [-0.2, 0) is 59.8 Å². The van der Waals surface area contributed by atoms with Gasteiger partial charge in [0.25, 0.3) is 28.4 Å². The molecule has 0 spiro atoms. The molecule has 0 aromatic heterocycles. The molecule has 7 N–H and O–H groups in total. The largest absolute Gasteiger partial charge is 0.463 e. The van der Waals surface area contributed by atoms with Gasteiger partial charge in [-0.15, -0.1) is 12.8 Å². The molecule has 1 aromatic carbocycles. The van der Waals surface area contributed by atoms with Crippen LogP contribution in [0.25, 0.3) is 0 Å². The van der Waals surface area contributed by atoms with Crippen LogP contribution in [0.1, 0.15) is 39.2 Å². The second-order valence-electron chi connectivity index (χ2n) is 11.6. The van der Waals surface area contributed by atoms with Crippen LogP contribution in [0, 0.1) is 18.8 Å². The van der Waals surface area contributed by atoms with Crippen LogP contribution < -0.4 is 27.0 Å². The second-order valence-corrected chi connectivity index (χ2v) is 13.1. The number of amides is 8. The minimum Gasteiger partial charge on any atom is -0.463 e. The maximum Gasteiger partial charge on any atom is 0.312 e. The third-order valence-corrected chi connectivity index (χ3v) is 7.62. The molecular weight excluding hydrogens is 746 g/mol. The summed E-state index contributed by atoms with van der Waals surface area (Å²) in [6.45, 7) is 4.53. The van der Waals surface area contributed by atoms with Gasteiger partial charge in [0.2, 0.25) is 23.6 Å². The Morgan fingerprint density at radius 3 is 2.11 bits per heavy atom. The number of hydrogen-bond acceptors (Lipinski definition) is 12. The van der Waals surface area contributed by atoms with Gasteiger partial charge in [0.15, 0.2) is 0 Å². The van der Waals surface area contributed by atoms with E-state index in [-0.39, 0.29) is 45.2 Å². The number of ether oxygens (including phenoxy) is 2. The minimum atomic E-state index is -4.26. The van der Waals surface area contributed by atoms with Crippen LogP contribution in [0.15, 0.2) is 36.4 Å². The summed E-state index contributed by atoms with van der Waals surface area (Å²) in [6, 6.07) is 5.01. The van der Waals surface area contributed by atoms with Gasteiger partial charge in [-0.2, -0.15) is 8.42 Å². The van der Waals surface area contributed by atoms with E-state index in [2.05, 4.69) is 38.9 Å². The highest BCUT2D eigenvalue weighted by atomic mass is 32.2. The van der Waals surface area contributed by atoms with Gasteiger partial charge in [-0.25, -0.2) is 4.79 Å². The zero-order chi connectivity index (χ0) is 42.0. The van der Waals surface area contributed by atoms with Crippen LogP contribution in [0.5, 0.6) is 0 Å². The average molecular weight is 796 g/mol. The first kappa shape index (κ1) is 49.1. The molecule has 1 aliphatic heterocycles. The van der Waals surface area contributed by atoms with Crippen molar-refractivity contribution in [3.05, 3.63) is 42.0 Å². The van der Waals surface area contributed by atoms with Gasteiger partial charge in [-0.3, -0.25) is 43.0 Å². The van der Waals surface area contributed by atoms with Crippen molar-refractivity contribution in [3.8, 4) is 12.8 Å². The highest BCUT2D eigenvalue weighted by Gasteiger charge is 2.29. The van der Waals surface area contributed by atoms with Gasteiger partial charge in [-0.1, -0.05) is 32.9 Å². The molecule has 8 amide bonds. The van der Waals surface area contributed by atoms with E-state index in [0.717, 1.165) is 23.5 Å². The van der Waals surface area contributed by atoms with Crippen molar-refractivity contribution in [2.24, 2.45) is 11.7 Å². The number of terminal acetylenes is 1. The number of imide groups is 1.